The number of benzene rings is 3. The topological polar surface area (TPSA) is 28.7 Å². The quantitative estimate of drug-likeness (QED) is 0.288. The van der Waals surface area contributed by atoms with Gasteiger partial charge in [-0.25, -0.2) is 4.98 Å². The number of hydrogen-bond acceptors (Lipinski definition) is 1. The molecular formula is C21H13Br3N2. The molecular weight excluding hydrogens is 520 g/mol. The second-order valence-corrected chi connectivity index (χ2v) is 8.49. The van der Waals surface area contributed by atoms with Gasteiger partial charge in [0.1, 0.15) is 5.82 Å². The minimum atomic E-state index is 0.848. The van der Waals surface area contributed by atoms with Gasteiger partial charge in [0.2, 0.25) is 0 Å². The number of halogens is 3. The lowest BCUT2D eigenvalue weighted by molar-refractivity contribution is 1.31. The Morgan fingerprint density at radius 1 is 0.654 bits per heavy atom. The molecule has 128 valence electrons. The molecule has 0 saturated carbocycles. The van der Waals surface area contributed by atoms with E-state index in [1.54, 1.807) is 0 Å². The van der Waals surface area contributed by atoms with Crippen LogP contribution >= 0.6 is 47.8 Å². The zero-order chi connectivity index (χ0) is 18.1. The average Bonchev–Trinajstić information content (AvgIpc) is 3.08. The molecule has 0 aliphatic carbocycles. The van der Waals surface area contributed by atoms with E-state index < -0.39 is 0 Å². The molecule has 0 bridgehead atoms. The summed E-state index contributed by atoms with van der Waals surface area (Å²) in [6.07, 6.45) is 0. The Balaban J connectivity index is 1.92. The van der Waals surface area contributed by atoms with Crippen LogP contribution in [-0.2, 0) is 0 Å². The highest BCUT2D eigenvalue weighted by Gasteiger charge is 2.17. The number of rotatable bonds is 3. The maximum Gasteiger partial charge on any atom is 0.138 e. The Kier molecular flexibility index (Phi) is 5.11. The normalized spacial score (nSPS) is 10.9. The standard InChI is InChI=1S/C21H13Br3N2/c22-15-9-5-13(6-10-15)19-20(17-3-1-2-4-18(17)24)26-21(25-19)14-7-11-16(23)12-8-14/h1-12H,(H,25,26). The number of aromatic amines is 1. The summed E-state index contributed by atoms with van der Waals surface area (Å²) in [6, 6.07) is 24.6. The minimum Gasteiger partial charge on any atom is -0.337 e. The van der Waals surface area contributed by atoms with Gasteiger partial charge in [-0.1, -0.05) is 90.3 Å². The van der Waals surface area contributed by atoms with Crippen LogP contribution in [0.1, 0.15) is 0 Å². The predicted molar refractivity (Wildman–Crippen MR) is 118 cm³/mol. The van der Waals surface area contributed by atoms with Crippen molar-refractivity contribution in [2.45, 2.75) is 0 Å². The number of aromatic nitrogens is 2. The highest BCUT2D eigenvalue weighted by molar-refractivity contribution is 9.11. The highest BCUT2D eigenvalue weighted by atomic mass is 79.9. The maximum atomic E-state index is 4.92. The van der Waals surface area contributed by atoms with E-state index in [-0.39, 0.29) is 0 Å². The lowest BCUT2D eigenvalue weighted by Crippen LogP contribution is -1.85. The number of nitrogens with one attached hydrogen (secondary N) is 1. The summed E-state index contributed by atoms with van der Waals surface area (Å²) in [4.78, 5) is 8.44. The van der Waals surface area contributed by atoms with Gasteiger partial charge in [0.25, 0.3) is 0 Å². The summed E-state index contributed by atoms with van der Waals surface area (Å²) >= 11 is 10.7. The van der Waals surface area contributed by atoms with Gasteiger partial charge in [0.05, 0.1) is 11.4 Å². The van der Waals surface area contributed by atoms with E-state index in [0.717, 1.165) is 47.3 Å². The van der Waals surface area contributed by atoms with Crippen LogP contribution in [0.4, 0.5) is 0 Å². The number of imidazole rings is 1. The molecule has 26 heavy (non-hydrogen) atoms. The van der Waals surface area contributed by atoms with Gasteiger partial charge in [-0.15, -0.1) is 0 Å². The van der Waals surface area contributed by atoms with Gasteiger partial charge in [-0.2, -0.15) is 0 Å². The molecule has 0 amide bonds. The molecule has 5 heteroatoms. The zero-order valence-corrected chi connectivity index (χ0v) is 18.3. The molecule has 2 nitrogen and oxygen atoms in total. The van der Waals surface area contributed by atoms with Crippen molar-refractivity contribution < 1.29 is 0 Å². The Hall–Kier alpha value is -1.69. The molecule has 0 saturated heterocycles. The fourth-order valence-corrected chi connectivity index (χ4v) is 3.80. The maximum absolute atomic E-state index is 4.92. The fraction of sp³-hybridized carbons (Fsp3) is 0. The van der Waals surface area contributed by atoms with Gasteiger partial charge >= 0.3 is 0 Å². The zero-order valence-electron chi connectivity index (χ0n) is 13.5. The van der Waals surface area contributed by atoms with E-state index >= 15 is 0 Å². The molecule has 0 aliphatic heterocycles. The number of hydrogen-bond donors (Lipinski definition) is 1. The van der Waals surface area contributed by atoms with Crippen molar-refractivity contribution >= 4 is 47.8 Å². The Morgan fingerprint density at radius 3 is 1.85 bits per heavy atom. The summed E-state index contributed by atoms with van der Waals surface area (Å²) in [5.74, 6) is 0.848. The Morgan fingerprint density at radius 2 is 1.23 bits per heavy atom. The van der Waals surface area contributed by atoms with Crippen LogP contribution in [0, 0.1) is 0 Å². The van der Waals surface area contributed by atoms with Gasteiger partial charge < -0.3 is 4.98 Å². The van der Waals surface area contributed by atoms with Crippen molar-refractivity contribution in [2.24, 2.45) is 0 Å². The van der Waals surface area contributed by atoms with Gasteiger partial charge in [0, 0.05) is 30.1 Å². The average molecular weight is 533 g/mol. The smallest absolute Gasteiger partial charge is 0.138 e. The van der Waals surface area contributed by atoms with Crippen molar-refractivity contribution in [1.29, 1.82) is 0 Å². The second-order valence-electron chi connectivity index (χ2n) is 5.80. The summed E-state index contributed by atoms with van der Waals surface area (Å²) in [5.41, 5.74) is 5.13. The molecule has 4 rings (SSSR count). The second kappa shape index (κ2) is 7.51. The SMILES string of the molecule is Brc1ccc(-c2nc(-c3ccc(Br)cc3)c(-c3ccccc3Br)[nH]2)cc1. The molecule has 1 heterocycles. The van der Waals surface area contributed by atoms with Crippen LogP contribution in [0.15, 0.2) is 86.2 Å². The van der Waals surface area contributed by atoms with Crippen LogP contribution in [-0.4, -0.2) is 9.97 Å². The summed E-state index contributed by atoms with van der Waals surface area (Å²) in [5, 5.41) is 0. The third-order valence-corrected chi connectivity index (χ3v) is 5.83. The monoisotopic (exact) mass is 530 g/mol. The largest absolute Gasteiger partial charge is 0.337 e. The molecule has 0 spiro atoms. The summed E-state index contributed by atoms with van der Waals surface area (Å²) < 4.78 is 3.13. The van der Waals surface area contributed by atoms with E-state index in [0.29, 0.717) is 0 Å². The van der Waals surface area contributed by atoms with Crippen molar-refractivity contribution in [2.75, 3.05) is 0 Å². The number of nitrogens with zero attached hydrogens (tertiary/aromatic N) is 1. The molecule has 0 atom stereocenters. The van der Waals surface area contributed by atoms with E-state index in [1.807, 2.05) is 42.5 Å². The third kappa shape index (κ3) is 3.56. The minimum absolute atomic E-state index is 0.848. The van der Waals surface area contributed by atoms with Crippen LogP contribution in [0.3, 0.4) is 0 Å². The van der Waals surface area contributed by atoms with Crippen molar-refractivity contribution in [3.63, 3.8) is 0 Å². The van der Waals surface area contributed by atoms with Crippen LogP contribution in [0.25, 0.3) is 33.9 Å². The van der Waals surface area contributed by atoms with Crippen LogP contribution in [0.2, 0.25) is 0 Å². The molecule has 1 N–H and O–H groups in total. The first-order chi connectivity index (χ1) is 12.6. The van der Waals surface area contributed by atoms with Crippen molar-refractivity contribution in [1.82, 2.24) is 9.97 Å². The summed E-state index contributed by atoms with van der Waals surface area (Å²) in [7, 11) is 0. The first-order valence-corrected chi connectivity index (χ1v) is 10.4. The lowest BCUT2D eigenvalue weighted by atomic mass is 10.1. The van der Waals surface area contributed by atoms with E-state index in [4.69, 9.17) is 4.98 Å². The van der Waals surface area contributed by atoms with Gasteiger partial charge in [-0.05, 0) is 30.3 Å². The first-order valence-electron chi connectivity index (χ1n) is 7.98. The molecule has 0 radical (unpaired) electrons. The predicted octanol–water partition coefficient (Wildman–Crippen LogP) is 7.70. The molecule has 0 unspecified atom stereocenters. The summed E-state index contributed by atoms with van der Waals surface area (Å²) in [6.45, 7) is 0. The fourth-order valence-electron chi connectivity index (χ4n) is 2.79. The van der Waals surface area contributed by atoms with Crippen LogP contribution < -0.4 is 0 Å². The molecule has 0 fully saturated rings. The highest BCUT2D eigenvalue weighted by Crippen LogP contribution is 2.36. The molecule has 3 aromatic carbocycles. The molecule has 4 aromatic rings. The number of H-pyrrole nitrogens is 1. The molecule has 1 aromatic heterocycles. The third-order valence-electron chi connectivity index (χ3n) is 4.08. The van der Waals surface area contributed by atoms with Crippen molar-refractivity contribution in [3.05, 3.63) is 86.2 Å². The van der Waals surface area contributed by atoms with Gasteiger partial charge in [0.15, 0.2) is 0 Å². The Labute approximate surface area is 177 Å². The van der Waals surface area contributed by atoms with Crippen molar-refractivity contribution in [3.8, 4) is 33.9 Å². The first kappa shape index (κ1) is 17.7. The van der Waals surface area contributed by atoms with E-state index in [1.165, 1.54) is 0 Å². The van der Waals surface area contributed by atoms with Gasteiger partial charge in [-0.3, -0.25) is 0 Å². The molecule has 0 aliphatic rings. The van der Waals surface area contributed by atoms with Crippen LogP contribution in [0.5, 0.6) is 0 Å². The van der Waals surface area contributed by atoms with E-state index in [2.05, 4.69) is 83.1 Å². The lowest BCUT2D eigenvalue weighted by Gasteiger charge is -2.05. The Bertz CT molecular complexity index is 1050. The van der Waals surface area contributed by atoms with E-state index in [9.17, 15) is 0 Å².